The van der Waals surface area contributed by atoms with Crippen LogP contribution in [0.2, 0.25) is 5.02 Å². The molecule has 0 spiro atoms. The van der Waals surface area contributed by atoms with Crippen LogP contribution in [0.5, 0.6) is 0 Å². The highest BCUT2D eigenvalue weighted by molar-refractivity contribution is 8.00. The van der Waals surface area contributed by atoms with Gasteiger partial charge in [-0.05, 0) is 72.7 Å². The van der Waals surface area contributed by atoms with Crippen molar-refractivity contribution in [2.24, 2.45) is 0 Å². The maximum Gasteiger partial charge on any atom is 0.314 e. The van der Waals surface area contributed by atoms with Crippen LogP contribution < -0.4 is 15.8 Å². The molecule has 3 aromatic carbocycles. The van der Waals surface area contributed by atoms with Gasteiger partial charge in [0.15, 0.2) is 0 Å². The Morgan fingerprint density at radius 2 is 1.67 bits per heavy atom. The first-order chi connectivity index (χ1) is 14.4. The minimum atomic E-state index is -0.664. The summed E-state index contributed by atoms with van der Waals surface area (Å²) in [6, 6.07) is 17.8. The number of benzene rings is 3. The molecule has 0 saturated heterocycles. The van der Waals surface area contributed by atoms with E-state index in [2.05, 4.69) is 26.8 Å². The number of rotatable bonds is 5. The molecule has 8 heteroatoms. The summed E-state index contributed by atoms with van der Waals surface area (Å²) in [5, 5.41) is 0.663. The highest BCUT2D eigenvalue weighted by Gasteiger charge is 2.08. The molecule has 1 aromatic heterocycles. The lowest BCUT2D eigenvalue weighted by atomic mass is 10.1. The summed E-state index contributed by atoms with van der Waals surface area (Å²) in [5.41, 5.74) is 3.75. The first-order valence-electron chi connectivity index (χ1n) is 9.08. The minimum absolute atomic E-state index is 0.580. The molecule has 0 saturated carbocycles. The van der Waals surface area contributed by atoms with E-state index in [9.17, 15) is 9.59 Å². The number of anilines is 1. The lowest BCUT2D eigenvalue weighted by Crippen LogP contribution is -2.28. The van der Waals surface area contributed by atoms with Crippen LogP contribution in [0.3, 0.4) is 0 Å². The summed E-state index contributed by atoms with van der Waals surface area (Å²) in [6.45, 7) is 1.95. The number of nitrogens with one attached hydrogen (secondary N) is 3. The number of hydrogen-bond donors (Lipinski definition) is 3. The summed E-state index contributed by atoms with van der Waals surface area (Å²) < 4.78 is 3.30. The Balaban J connectivity index is 1.57. The molecule has 4 aromatic rings. The fraction of sp³-hybridized carbons (Fsp3) is 0.0909. The van der Waals surface area contributed by atoms with Crippen LogP contribution >= 0.6 is 35.3 Å². The molecule has 152 valence electrons. The third-order valence-corrected chi connectivity index (χ3v) is 6.68. The molecule has 0 atom stereocenters. The van der Waals surface area contributed by atoms with Crippen LogP contribution in [0, 0.1) is 6.92 Å². The molecule has 0 aliphatic carbocycles. The molecule has 30 heavy (non-hydrogen) atoms. The normalized spacial score (nSPS) is 11.0. The molecule has 0 bridgehead atoms. The zero-order valence-corrected chi connectivity index (χ0v) is 18.6. The molecule has 0 aliphatic rings. The van der Waals surface area contributed by atoms with Crippen LogP contribution in [0.15, 0.2) is 74.0 Å². The van der Waals surface area contributed by atoms with E-state index in [-0.39, 0.29) is 0 Å². The predicted octanol–water partition coefficient (Wildman–Crippen LogP) is 5.69. The molecule has 0 aliphatic heterocycles. The summed E-state index contributed by atoms with van der Waals surface area (Å²) in [5.74, 6) is 0. The maximum absolute atomic E-state index is 11.6. The van der Waals surface area contributed by atoms with Gasteiger partial charge < -0.3 is 14.7 Å². The summed E-state index contributed by atoms with van der Waals surface area (Å²) in [6.07, 6.45) is 2.05. The number of hydrogen-bond acceptors (Lipinski definition) is 5. The monoisotopic (exact) mass is 455 g/mol. The second-order valence-corrected chi connectivity index (χ2v) is 8.84. The van der Waals surface area contributed by atoms with Gasteiger partial charge in [-0.2, -0.15) is 0 Å². The van der Waals surface area contributed by atoms with Crippen molar-refractivity contribution in [2.45, 2.75) is 16.7 Å². The average Bonchev–Trinajstić information content (AvgIpc) is 2.74. The predicted molar refractivity (Wildman–Crippen MR) is 128 cm³/mol. The zero-order chi connectivity index (χ0) is 21.3. The molecule has 5 nitrogen and oxygen atoms in total. The number of thioether (sulfide) groups is 1. The van der Waals surface area contributed by atoms with Crippen molar-refractivity contribution in [1.82, 2.24) is 9.97 Å². The highest BCUT2D eigenvalue weighted by Crippen LogP contribution is 2.34. The van der Waals surface area contributed by atoms with Crippen molar-refractivity contribution in [3.63, 3.8) is 0 Å². The average molecular weight is 456 g/mol. The van der Waals surface area contributed by atoms with Gasteiger partial charge >= 0.3 is 11.1 Å². The van der Waals surface area contributed by atoms with Crippen LogP contribution in [-0.2, 0) is 0 Å². The Kier molecular flexibility index (Phi) is 5.94. The molecule has 0 unspecified atom stereocenters. The third-order valence-electron chi connectivity index (χ3n) is 4.65. The number of fused-ring (bicyclic) bond motifs is 1. The molecule has 4 rings (SSSR count). The fourth-order valence-corrected chi connectivity index (χ4v) is 4.58. The van der Waals surface area contributed by atoms with Crippen LogP contribution in [0.4, 0.5) is 5.69 Å². The fourth-order valence-electron chi connectivity index (χ4n) is 3.08. The largest absolute Gasteiger partial charge is 0.326 e. The second-order valence-electron chi connectivity index (χ2n) is 6.70. The van der Waals surface area contributed by atoms with Crippen molar-refractivity contribution in [2.75, 3.05) is 11.0 Å². The molecule has 0 amide bonds. The lowest BCUT2D eigenvalue weighted by molar-refractivity contribution is 1.13. The number of halogens is 1. The lowest BCUT2D eigenvalue weighted by Gasteiger charge is -2.12. The number of aromatic nitrogens is 2. The SMILES string of the molecule is CSc1cccc(-c2ccc(NSc3cc4[nH]c(=O)c(=O)[nH]c4cc3C)cc2Cl)c1. The maximum atomic E-state index is 11.6. The summed E-state index contributed by atoms with van der Waals surface area (Å²) in [4.78, 5) is 30.4. The molecule has 3 N–H and O–H groups in total. The number of aromatic amines is 2. The van der Waals surface area contributed by atoms with Crippen molar-refractivity contribution in [3.05, 3.63) is 85.9 Å². The summed E-state index contributed by atoms with van der Waals surface area (Å²) in [7, 11) is 0. The summed E-state index contributed by atoms with van der Waals surface area (Å²) >= 11 is 9.66. The Hall–Kier alpha value is -2.61. The first kappa shape index (κ1) is 20.7. The molecule has 1 heterocycles. The molecule has 0 radical (unpaired) electrons. The van der Waals surface area contributed by atoms with E-state index < -0.39 is 11.1 Å². The van der Waals surface area contributed by atoms with Gasteiger partial charge in [0.1, 0.15) is 0 Å². The van der Waals surface area contributed by atoms with E-state index in [1.54, 1.807) is 11.8 Å². The van der Waals surface area contributed by atoms with Crippen LogP contribution in [0.25, 0.3) is 22.2 Å². The number of aryl methyl sites for hydroxylation is 1. The van der Waals surface area contributed by atoms with Gasteiger partial charge in [-0.25, -0.2) is 0 Å². The quantitative estimate of drug-likeness (QED) is 0.205. The third kappa shape index (κ3) is 4.28. The van der Waals surface area contributed by atoms with Crippen LogP contribution in [-0.4, -0.2) is 16.2 Å². The van der Waals surface area contributed by atoms with E-state index in [1.165, 1.54) is 16.8 Å². The van der Waals surface area contributed by atoms with Crippen molar-refractivity contribution in [1.29, 1.82) is 0 Å². The topological polar surface area (TPSA) is 77.8 Å². The first-order valence-corrected chi connectivity index (χ1v) is 11.5. The van der Waals surface area contributed by atoms with E-state index in [1.807, 2.05) is 55.6 Å². The smallest absolute Gasteiger partial charge is 0.314 e. The van der Waals surface area contributed by atoms with Gasteiger partial charge in [-0.15, -0.1) is 11.8 Å². The standard InChI is InChI=1S/C22H18ClN3O2S2/c1-12-8-18-19(25-22(28)21(27)24-18)11-20(12)30-26-14-6-7-16(17(23)10-14)13-4-3-5-15(9-13)29-2/h3-11,26H,1-2H3,(H,24,27)(H,25,28). The molecular formula is C22H18ClN3O2S2. The molecule has 0 fully saturated rings. The second kappa shape index (κ2) is 8.63. The highest BCUT2D eigenvalue weighted by atomic mass is 35.5. The van der Waals surface area contributed by atoms with Gasteiger partial charge in [0.05, 0.1) is 16.1 Å². The zero-order valence-electron chi connectivity index (χ0n) is 16.2. The van der Waals surface area contributed by atoms with Gasteiger partial charge in [0, 0.05) is 21.0 Å². The minimum Gasteiger partial charge on any atom is -0.326 e. The van der Waals surface area contributed by atoms with Gasteiger partial charge in [0.2, 0.25) is 0 Å². The Labute approximate surface area is 186 Å². The van der Waals surface area contributed by atoms with Crippen molar-refractivity contribution in [3.8, 4) is 11.1 Å². The Morgan fingerprint density at radius 3 is 2.37 bits per heavy atom. The van der Waals surface area contributed by atoms with E-state index >= 15 is 0 Å². The van der Waals surface area contributed by atoms with Crippen molar-refractivity contribution < 1.29 is 0 Å². The van der Waals surface area contributed by atoms with E-state index in [0.717, 1.165) is 27.3 Å². The molecular weight excluding hydrogens is 438 g/mol. The van der Waals surface area contributed by atoms with Gasteiger partial charge in [0.25, 0.3) is 0 Å². The van der Waals surface area contributed by atoms with Gasteiger partial charge in [-0.1, -0.05) is 29.8 Å². The van der Waals surface area contributed by atoms with E-state index in [0.29, 0.717) is 16.1 Å². The van der Waals surface area contributed by atoms with Crippen molar-refractivity contribution >= 4 is 52.0 Å². The van der Waals surface area contributed by atoms with E-state index in [4.69, 9.17) is 11.6 Å². The number of H-pyrrole nitrogens is 2. The Bertz CT molecular complexity index is 1360. The van der Waals surface area contributed by atoms with Gasteiger partial charge in [-0.3, -0.25) is 9.59 Å². The van der Waals surface area contributed by atoms with Crippen LogP contribution in [0.1, 0.15) is 5.56 Å². The Morgan fingerprint density at radius 1 is 0.933 bits per heavy atom.